The van der Waals surface area contributed by atoms with Crippen LogP contribution in [0.2, 0.25) is 0 Å². The van der Waals surface area contributed by atoms with Gasteiger partial charge in [-0.3, -0.25) is 4.99 Å². The monoisotopic (exact) mass is 339 g/mol. The molecule has 1 aliphatic heterocycles. The lowest BCUT2D eigenvalue weighted by Gasteiger charge is -2.23. The molecule has 1 N–H and O–H groups in total. The van der Waals surface area contributed by atoms with Crippen LogP contribution in [-0.2, 0) is 6.54 Å². The first-order valence-electron chi connectivity index (χ1n) is 8.97. The molecule has 0 bridgehead atoms. The van der Waals surface area contributed by atoms with Crippen LogP contribution in [0, 0.1) is 19.3 Å². The molecular formula is C20H29N5. The minimum absolute atomic E-state index is 0.363. The normalized spacial score (nSPS) is 17.2. The molecule has 0 aliphatic carbocycles. The van der Waals surface area contributed by atoms with Crippen molar-refractivity contribution in [1.82, 2.24) is 20.0 Å². The zero-order valence-electron chi connectivity index (χ0n) is 16.0. The summed E-state index contributed by atoms with van der Waals surface area (Å²) in [4.78, 5) is 6.83. The van der Waals surface area contributed by atoms with E-state index in [0.29, 0.717) is 5.41 Å². The lowest BCUT2D eigenvalue weighted by atomic mass is 9.93. The summed E-state index contributed by atoms with van der Waals surface area (Å²) in [6, 6.07) is 10.3. The predicted octanol–water partition coefficient (Wildman–Crippen LogP) is 3.30. The minimum Gasteiger partial charge on any atom is -0.352 e. The molecule has 0 radical (unpaired) electrons. The summed E-state index contributed by atoms with van der Waals surface area (Å²) >= 11 is 0. The van der Waals surface area contributed by atoms with Gasteiger partial charge < -0.3 is 10.2 Å². The highest BCUT2D eigenvalue weighted by Gasteiger charge is 2.31. The molecular weight excluding hydrogens is 310 g/mol. The number of para-hydroxylation sites is 1. The van der Waals surface area contributed by atoms with Crippen molar-refractivity contribution in [1.29, 1.82) is 0 Å². The molecule has 3 rings (SSSR count). The smallest absolute Gasteiger partial charge is 0.193 e. The molecule has 1 aromatic carbocycles. The second-order valence-electron chi connectivity index (χ2n) is 7.63. The number of aromatic nitrogens is 2. The van der Waals surface area contributed by atoms with Gasteiger partial charge >= 0.3 is 0 Å². The minimum atomic E-state index is 0.363. The van der Waals surface area contributed by atoms with Crippen LogP contribution in [-0.4, -0.2) is 40.8 Å². The van der Waals surface area contributed by atoms with Gasteiger partial charge in [0.05, 0.1) is 11.4 Å². The summed E-state index contributed by atoms with van der Waals surface area (Å²) in [5.74, 6) is 0.983. The first-order valence-corrected chi connectivity index (χ1v) is 8.97. The van der Waals surface area contributed by atoms with Crippen molar-refractivity contribution in [2.75, 3.05) is 20.1 Å². The Bertz CT molecular complexity index is 758. The van der Waals surface area contributed by atoms with E-state index >= 15 is 0 Å². The lowest BCUT2D eigenvalue weighted by molar-refractivity contribution is 0.370. The topological polar surface area (TPSA) is 45.5 Å². The van der Waals surface area contributed by atoms with Crippen LogP contribution >= 0.6 is 0 Å². The third-order valence-electron chi connectivity index (χ3n) is 5.05. The highest BCUT2D eigenvalue weighted by atomic mass is 15.3. The number of guanidine groups is 1. The van der Waals surface area contributed by atoms with E-state index in [1.807, 2.05) is 29.9 Å². The van der Waals surface area contributed by atoms with Gasteiger partial charge in [0.25, 0.3) is 0 Å². The number of rotatable bonds is 3. The third kappa shape index (κ3) is 3.70. The number of aryl methyl sites for hydroxylation is 1. The van der Waals surface area contributed by atoms with Crippen molar-refractivity contribution < 1.29 is 0 Å². The number of benzene rings is 1. The van der Waals surface area contributed by atoms with Crippen LogP contribution in [0.5, 0.6) is 0 Å². The van der Waals surface area contributed by atoms with Crippen molar-refractivity contribution in [3.8, 4) is 5.69 Å². The molecule has 0 atom stereocenters. The Balaban J connectivity index is 1.74. The van der Waals surface area contributed by atoms with Crippen molar-refractivity contribution >= 4 is 5.96 Å². The van der Waals surface area contributed by atoms with Gasteiger partial charge in [-0.15, -0.1) is 0 Å². The number of nitrogens with zero attached hydrogens (tertiary/aromatic N) is 4. The van der Waals surface area contributed by atoms with E-state index in [9.17, 15) is 0 Å². The molecule has 0 amide bonds. The summed E-state index contributed by atoms with van der Waals surface area (Å²) in [6.07, 6.45) is 1.21. The second kappa shape index (κ2) is 6.90. The highest BCUT2D eigenvalue weighted by molar-refractivity contribution is 5.80. The number of hydrogen-bond acceptors (Lipinski definition) is 2. The molecule has 0 saturated carbocycles. The summed E-state index contributed by atoms with van der Waals surface area (Å²) in [5, 5.41) is 8.26. The third-order valence-corrected chi connectivity index (χ3v) is 5.05. The van der Waals surface area contributed by atoms with E-state index < -0.39 is 0 Å². The van der Waals surface area contributed by atoms with Gasteiger partial charge in [0.2, 0.25) is 0 Å². The zero-order chi connectivity index (χ0) is 18.0. The van der Waals surface area contributed by atoms with Crippen molar-refractivity contribution in [3.05, 3.63) is 47.3 Å². The number of aliphatic imine (C=N–C) groups is 1. The average molecular weight is 339 g/mol. The SMILES string of the molecule is CN=C(NCc1c(C)nn(-c2ccccc2)c1C)N1CCC(C)(C)C1. The maximum Gasteiger partial charge on any atom is 0.193 e. The van der Waals surface area contributed by atoms with E-state index in [1.54, 1.807) is 0 Å². The molecule has 1 aromatic heterocycles. The van der Waals surface area contributed by atoms with E-state index in [4.69, 9.17) is 5.10 Å². The van der Waals surface area contributed by atoms with Crippen molar-refractivity contribution in [2.45, 2.75) is 40.7 Å². The molecule has 2 aromatic rings. The summed E-state index contributed by atoms with van der Waals surface area (Å²) in [7, 11) is 1.86. The first kappa shape index (κ1) is 17.5. The molecule has 1 aliphatic rings. The van der Waals surface area contributed by atoms with Gasteiger partial charge in [0.1, 0.15) is 0 Å². The van der Waals surface area contributed by atoms with Crippen molar-refractivity contribution in [3.63, 3.8) is 0 Å². The zero-order valence-corrected chi connectivity index (χ0v) is 16.0. The second-order valence-corrected chi connectivity index (χ2v) is 7.63. The Morgan fingerprint density at radius 2 is 1.96 bits per heavy atom. The number of nitrogens with one attached hydrogen (secondary N) is 1. The summed E-state index contributed by atoms with van der Waals surface area (Å²) < 4.78 is 2.02. The number of hydrogen-bond donors (Lipinski definition) is 1. The molecule has 0 spiro atoms. The largest absolute Gasteiger partial charge is 0.352 e. The average Bonchev–Trinajstić information content (AvgIpc) is 3.09. The Hall–Kier alpha value is -2.30. The van der Waals surface area contributed by atoms with Crippen LogP contribution < -0.4 is 5.32 Å². The summed E-state index contributed by atoms with van der Waals surface area (Å²) in [6.45, 7) is 11.7. The molecule has 2 heterocycles. The van der Waals surface area contributed by atoms with Gasteiger partial charge in [-0.1, -0.05) is 32.0 Å². The van der Waals surface area contributed by atoms with Gasteiger partial charge in [0, 0.05) is 37.9 Å². The van der Waals surface area contributed by atoms with E-state index in [2.05, 4.69) is 55.0 Å². The van der Waals surface area contributed by atoms with Crippen LogP contribution in [0.4, 0.5) is 0 Å². The first-order chi connectivity index (χ1) is 11.9. The fraction of sp³-hybridized carbons (Fsp3) is 0.500. The van der Waals surface area contributed by atoms with E-state index in [0.717, 1.165) is 37.0 Å². The standard InChI is InChI=1S/C20H29N5/c1-15-18(16(2)25(23-15)17-9-7-6-8-10-17)13-22-19(21-5)24-12-11-20(3,4)14-24/h6-10H,11-14H2,1-5H3,(H,21,22). The lowest BCUT2D eigenvalue weighted by Crippen LogP contribution is -2.40. The maximum absolute atomic E-state index is 4.73. The fourth-order valence-corrected chi connectivity index (χ4v) is 3.54. The van der Waals surface area contributed by atoms with E-state index in [1.165, 1.54) is 17.7 Å². The molecule has 134 valence electrons. The molecule has 1 saturated heterocycles. The Labute approximate surface area is 150 Å². The van der Waals surface area contributed by atoms with Crippen molar-refractivity contribution in [2.24, 2.45) is 10.4 Å². The number of likely N-dealkylation sites (tertiary alicyclic amines) is 1. The van der Waals surface area contributed by atoms with Gasteiger partial charge in [-0.2, -0.15) is 5.10 Å². The molecule has 25 heavy (non-hydrogen) atoms. The van der Waals surface area contributed by atoms with Crippen LogP contribution in [0.3, 0.4) is 0 Å². The van der Waals surface area contributed by atoms with E-state index in [-0.39, 0.29) is 0 Å². The Morgan fingerprint density at radius 1 is 1.24 bits per heavy atom. The fourth-order valence-electron chi connectivity index (χ4n) is 3.54. The highest BCUT2D eigenvalue weighted by Crippen LogP contribution is 2.28. The van der Waals surface area contributed by atoms with Crippen LogP contribution in [0.1, 0.15) is 37.2 Å². The van der Waals surface area contributed by atoms with Crippen LogP contribution in [0.15, 0.2) is 35.3 Å². The maximum atomic E-state index is 4.73. The van der Waals surface area contributed by atoms with Gasteiger partial charge in [0.15, 0.2) is 5.96 Å². The van der Waals surface area contributed by atoms with Gasteiger partial charge in [-0.05, 0) is 37.8 Å². The van der Waals surface area contributed by atoms with Gasteiger partial charge in [-0.25, -0.2) is 4.68 Å². The summed E-state index contributed by atoms with van der Waals surface area (Å²) in [5.41, 5.74) is 4.93. The Kier molecular flexibility index (Phi) is 4.84. The molecule has 0 unspecified atom stereocenters. The molecule has 1 fully saturated rings. The van der Waals surface area contributed by atoms with Crippen LogP contribution in [0.25, 0.3) is 5.69 Å². The molecule has 5 heteroatoms. The predicted molar refractivity (Wildman–Crippen MR) is 103 cm³/mol. The quantitative estimate of drug-likeness (QED) is 0.689. The Morgan fingerprint density at radius 3 is 2.56 bits per heavy atom. The molecule has 5 nitrogen and oxygen atoms in total.